The topological polar surface area (TPSA) is 39.9 Å². The van der Waals surface area contributed by atoms with E-state index in [-0.39, 0.29) is 18.8 Å². The summed E-state index contributed by atoms with van der Waals surface area (Å²) in [5.41, 5.74) is 2.58. The number of carbonyl (C=O) groups is 1. The largest absolute Gasteiger partial charge is 0.462 e. The number of esters is 1. The Morgan fingerprint density at radius 3 is 2.56 bits per heavy atom. The number of pyridine rings is 1. The molecule has 0 saturated heterocycles. The fraction of sp³-hybridized carbons (Fsp3) is 0.286. The molecule has 0 saturated carbocycles. The van der Waals surface area contributed by atoms with Gasteiger partial charge >= 0.3 is 5.97 Å². The van der Waals surface area contributed by atoms with Gasteiger partial charge in [-0.1, -0.05) is 6.07 Å². The molecule has 142 valence electrons. The molecule has 0 amide bonds. The lowest BCUT2D eigenvalue weighted by molar-refractivity contribution is 0.0446. The average Bonchev–Trinajstić information content (AvgIpc) is 3.08. The van der Waals surface area contributed by atoms with Crippen LogP contribution in [0.2, 0.25) is 0 Å². The second kappa shape index (κ2) is 7.88. The molecule has 3 aromatic rings. The van der Waals surface area contributed by atoms with Gasteiger partial charge in [-0.3, -0.25) is 0 Å². The van der Waals surface area contributed by atoms with E-state index in [2.05, 4.69) is 0 Å². The van der Waals surface area contributed by atoms with Crippen molar-refractivity contribution < 1.29 is 23.0 Å². The van der Waals surface area contributed by atoms with Crippen LogP contribution >= 0.6 is 0 Å². The highest BCUT2D eigenvalue weighted by Crippen LogP contribution is 2.28. The fourth-order valence-corrected chi connectivity index (χ4v) is 3.19. The summed E-state index contributed by atoms with van der Waals surface area (Å²) in [6.45, 7) is 5.41. The molecule has 6 heteroatoms. The van der Waals surface area contributed by atoms with Gasteiger partial charge in [-0.25, -0.2) is 13.6 Å². The zero-order valence-corrected chi connectivity index (χ0v) is 15.5. The van der Waals surface area contributed by atoms with Gasteiger partial charge in [0.25, 0.3) is 0 Å². The van der Waals surface area contributed by atoms with Crippen LogP contribution in [0.15, 0.2) is 42.6 Å². The van der Waals surface area contributed by atoms with Crippen LogP contribution in [-0.2, 0) is 16.1 Å². The van der Waals surface area contributed by atoms with E-state index in [1.54, 1.807) is 19.9 Å². The van der Waals surface area contributed by atoms with E-state index in [1.165, 1.54) is 18.2 Å². The number of nitrogens with zero attached hydrogens (tertiary/aromatic N) is 1. The Balaban J connectivity index is 1.96. The van der Waals surface area contributed by atoms with E-state index in [0.29, 0.717) is 11.1 Å². The van der Waals surface area contributed by atoms with Gasteiger partial charge in [-0.15, -0.1) is 0 Å². The summed E-state index contributed by atoms with van der Waals surface area (Å²) < 4.78 is 40.5. The zero-order chi connectivity index (χ0) is 19.6. The normalized spacial score (nSPS) is 12.3. The Bertz CT molecular complexity index is 961. The van der Waals surface area contributed by atoms with Gasteiger partial charge in [0.1, 0.15) is 11.6 Å². The third-order valence-electron chi connectivity index (χ3n) is 4.54. The third kappa shape index (κ3) is 3.71. The van der Waals surface area contributed by atoms with Crippen LogP contribution in [-0.4, -0.2) is 17.0 Å². The van der Waals surface area contributed by atoms with Crippen LogP contribution in [0.4, 0.5) is 8.78 Å². The lowest BCUT2D eigenvalue weighted by atomic mass is 10.0. The minimum absolute atomic E-state index is 0.118. The molecule has 0 bridgehead atoms. The summed E-state index contributed by atoms with van der Waals surface area (Å²) in [4.78, 5) is 12.3. The van der Waals surface area contributed by atoms with E-state index in [1.807, 2.05) is 29.7 Å². The number of carbonyl (C=O) groups excluding carboxylic acids is 1. The second-order valence-electron chi connectivity index (χ2n) is 6.25. The maximum absolute atomic E-state index is 13.9. The molecule has 1 aromatic carbocycles. The van der Waals surface area contributed by atoms with Gasteiger partial charge in [-0.2, -0.15) is 0 Å². The molecule has 2 aromatic heterocycles. The number of fused-ring (bicyclic) bond motifs is 1. The fourth-order valence-electron chi connectivity index (χ4n) is 3.19. The number of benzene rings is 1. The van der Waals surface area contributed by atoms with Gasteiger partial charge in [0.05, 0.1) is 30.6 Å². The molecule has 1 atom stereocenters. The van der Waals surface area contributed by atoms with Gasteiger partial charge < -0.3 is 13.9 Å². The number of hydrogen-bond donors (Lipinski definition) is 0. The van der Waals surface area contributed by atoms with Crippen molar-refractivity contribution in [3.63, 3.8) is 0 Å². The first-order valence-corrected chi connectivity index (χ1v) is 8.76. The Hall–Kier alpha value is -2.73. The summed E-state index contributed by atoms with van der Waals surface area (Å²) in [6, 6.07) is 9.20. The molecule has 3 rings (SSSR count). The Morgan fingerprint density at radius 2 is 1.89 bits per heavy atom. The molecular weight excluding hydrogens is 352 g/mol. The van der Waals surface area contributed by atoms with Crippen LogP contribution in [0.3, 0.4) is 0 Å². The molecule has 27 heavy (non-hydrogen) atoms. The Kier molecular flexibility index (Phi) is 5.56. The lowest BCUT2D eigenvalue weighted by Gasteiger charge is -2.20. The summed E-state index contributed by atoms with van der Waals surface area (Å²) in [6.07, 6.45) is 1.35. The molecule has 0 aliphatic carbocycles. The summed E-state index contributed by atoms with van der Waals surface area (Å²) in [5, 5.41) is 0. The van der Waals surface area contributed by atoms with Gasteiger partial charge in [-0.05, 0) is 56.7 Å². The van der Waals surface area contributed by atoms with Crippen molar-refractivity contribution in [2.75, 3.05) is 6.61 Å². The predicted molar refractivity (Wildman–Crippen MR) is 97.7 cm³/mol. The van der Waals surface area contributed by atoms with E-state index in [4.69, 9.17) is 9.47 Å². The first kappa shape index (κ1) is 19.0. The number of aromatic nitrogens is 1. The van der Waals surface area contributed by atoms with Crippen molar-refractivity contribution in [1.82, 2.24) is 4.40 Å². The molecule has 0 aliphatic rings. The quantitative estimate of drug-likeness (QED) is 0.572. The molecule has 0 fully saturated rings. The molecule has 2 heterocycles. The Morgan fingerprint density at radius 1 is 1.19 bits per heavy atom. The second-order valence-corrected chi connectivity index (χ2v) is 6.25. The maximum atomic E-state index is 13.9. The minimum Gasteiger partial charge on any atom is -0.462 e. The monoisotopic (exact) mass is 373 g/mol. The molecule has 0 aliphatic heterocycles. The smallest absolute Gasteiger partial charge is 0.338 e. The SMILES string of the molecule is CCOC(=O)c1cc2cccn2c(C(C)OCc2c(F)cccc2F)c1C. The van der Waals surface area contributed by atoms with Crippen molar-refractivity contribution in [3.05, 3.63) is 76.6 Å². The molecule has 0 spiro atoms. The number of halogens is 2. The molecular formula is C21H21F2NO3. The molecule has 0 N–H and O–H groups in total. The number of hydrogen-bond acceptors (Lipinski definition) is 3. The highest BCUT2D eigenvalue weighted by atomic mass is 19.1. The maximum Gasteiger partial charge on any atom is 0.338 e. The first-order chi connectivity index (χ1) is 12.9. The van der Waals surface area contributed by atoms with Crippen LogP contribution in [0.1, 0.15) is 47.1 Å². The minimum atomic E-state index is -0.648. The van der Waals surface area contributed by atoms with E-state index in [9.17, 15) is 13.6 Å². The highest BCUT2D eigenvalue weighted by molar-refractivity contribution is 5.92. The molecule has 1 unspecified atom stereocenters. The Labute approximate surface area is 156 Å². The zero-order valence-electron chi connectivity index (χ0n) is 15.5. The van der Waals surface area contributed by atoms with Crippen molar-refractivity contribution in [1.29, 1.82) is 0 Å². The van der Waals surface area contributed by atoms with Crippen LogP contribution in [0.25, 0.3) is 5.52 Å². The van der Waals surface area contributed by atoms with E-state index >= 15 is 0 Å². The number of rotatable bonds is 6. The molecule has 0 radical (unpaired) electrons. The van der Waals surface area contributed by atoms with Crippen molar-refractivity contribution in [2.24, 2.45) is 0 Å². The van der Waals surface area contributed by atoms with E-state index in [0.717, 1.165) is 11.2 Å². The molecule has 4 nitrogen and oxygen atoms in total. The lowest BCUT2D eigenvalue weighted by Crippen LogP contribution is -2.14. The number of ether oxygens (including phenoxy) is 2. The summed E-state index contributed by atoms with van der Waals surface area (Å²) >= 11 is 0. The summed E-state index contributed by atoms with van der Waals surface area (Å²) in [7, 11) is 0. The van der Waals surface area contributed by atoms with Crippen molar-refractivity contribution in [3.8, 4) is 0 Å². The van der Waals surface area contributed by atoms with Crippen LogP contribution < -0.4 is 0 Å². The van der Waals surface area contributed by atoms with Gasteiger partial charge in [0.15, 0.2) is 0 Å². The first-order valence-electron chi connectivity index (χ1n) is 8.76. The van der Waals surface area contributed by atoms with Crippen molar-refractivity contribution in [2.45, 2.75) is 33.5 Å². The third-order valence-corrected chi connectivity index (χ3v) is 4.54. The van der Waals surface area contributed by atoms with E-state index < -0.39 is 23.7 Å². The van der Waals surface area contributed by atoms with Crippen LogP contribution in [0, 0.1) is 18.6 Å². The van der Waals surface area contributed by atoms with Crippen molar-refractivity contribution >= 4 is 11.5 Å². The summed E-state index contributed by atoms with van der Waals surface area (Å²) in [5.74, 6) is -1.71. The van der Waals surface area contributed by atoms with Crippen LogP contribution in [0.5, 0.6) is 0 Å². The standard InChI is InChI=1S/C21H21F2NO3/c1-4-26-21(25)16-11-15-7-6-10-24(15)20(13(16)2)14(3)27-12-17-18(22)8-5-9-19(17)23/h5-11,14H,4,12H2,1-3H3. The highest BCUT2D eigenvalue weighted by Gasteiger charge is 2.21. The average molecular weight is 373 g/mol. The predicted octanol–water partition coefficient (Wildman–Crippen LogP) is 4.98. The van der Waals surface area contributed by atoms with Gasteiger partial charge in [0, 0.05) is 17.3 Å². The van der Waals surface area contributed by atoms with Gasteiger partial charge in [0.2, 0.25) is 0 Å².